The van der Waals surface area contributed by atoms with Crippen LogP contribution in [0.3, 0.4) is 0 Å². The summed E-state index contributed by atoms with van der Waals surface area (Å²) in [7, 11) is 0. The molecule has 2 nitrogen and oxygen atoms in total. The molecule has 2 rings (SSSR count). The molecule has 1 atom stereocenters. The normalized spacial score (nSPS) is 18.8. The molecule has 1 heterocycles. The van der Waals surface area contributed by atoms with Gasteiger partial charge in [0.15, 0.2) is 0 Å². The first kappa shape index (κ1) is 14.2. The molecule has 1 aromatic carbocycles. The number of halogens is 1. The van der Waals surface area contributed by atoms with Gasteiger partial charge in [0, 0.05) is 11.6 Å². The Kier molecular flexibility index (Phi) is 5.83. The van der Waals surface area contributed by atoms with Crippen molar-refractivity contribution in [1.29, 1.82) is 0 Å². The summed E-state index contributed by atoms with van der Waals surface area (Å²) in [5.74, 6) is 3.35. The van der Waals surface area contributed by atoms with Crippen molar-refractivity contribution in [2.24, 2.45) is 5.92 Å². The predicted molar refractivity (Wildman–Crippen MR) is 79.3 cm³/mol. The first-order valence-electron chi connectivity index (χ1n) is 6.47. The van der Waals surface area contributed by atoms with Crippen molar-refractivity contribution in [3.63, 3.8) is 0 Å². The van der Waals surface area contributed by atoms with Crippen LogP contribution >= 0.6 is 23.4 Å². The topological polar surface area (TPSA) is 32.3 Å². The van der Waals surface area contributed by atoms with Crippen LogP contribution in [0.15, 0.2) is 24.3 Å². The Labute approximate surface area is 118 Å². The van der Waals surface area contributed by atoms with Crippen molar-refractivity contribution < 1.29 is 5.11 Å². The molecule has 0 bridgehead atoms. The Morgan fingerprint density at radius 1 is 1.28 bits per heavy atom. The molecule has 100 valence electrons. The zero-order valence-electron chi connectivity index (χ0n) is 10.4. The maximum atomic E-state index is 10.0. The Balaban J connectivity index is 1.70. The van der Waals surface area contributed by atoms with Crippen LogP contribution in [-0.4, -0.2) is 29.7 Å². The number of thioether (sulfide) groups is 1. The Morgan fingerprint density at radius 3 is 2.61 bits per heavy atom. The largest absolute Gasteiger partial charge is 0.387 e. The molecule has 0 saturated carbocycles. The number of hydrogen-bond acceptors (Lipinski definition) is 3. The fourth-order valence-corrected chi connectivity index (χ4v) is 3.51. The van der Waals surface area contributed by atoms with Crippen LogP contribution in [0.4, 0.5) is 0 Å². The van der Waals surface area contributed by atoms with E-state index >= 15 is 0 Å². The molecular weight excluding hydrogens is 266 g/mol. The van der Waals surface area contributed by atoms with Gasteiger partial charge in [-0.3, -0.25) is 0 Å². The van der Waals surface area contributed by atoms with E-state index in [1.165, 1.54) is 24.3 Å². The van der Waals surface area contributed by atoms with Crippen molar-refractivity contribution in [1.82, 2.24) is 5.32 Å². The highest BCUT2D eigenvalue weighted by Gasteiger charge is 2.14. The predicted octanol–water partition coefficient (Wildman–Crippen LogP) is 3.11. The molecule has 1 aliphatic heterocycles. The Hall–Kier alpha value is -0.220. The monoisotopic (exact) mass is 285 g/mol. The Bertz CT molecular complexity index is 351. The lowest BCUT2D eigenvalue weighted by molar-refractivity contribution is 0.172. The summed E-state index contributed by atoms with van der Waals surface area (Å²) in [5.41, 5.74) is 0.922. The molecule has 2 N–H and O–H groups in total. The molecule has 4 heteroatoms. The van der Waals surface area contributed by atoms with Gasteiger partial charge >= 0.3 is 0 Å². The van der Waals surface area contributed by atoms with Gasteiger partial charge in [0.1, 0.15) is 0 Å². The quantitative estimate of drug-likeness (QED) is 0.872. The number of benzene rings is 1. The lowest BCUT2D eigenvalue weighted by atomic mass is 10.0. The van der Waals surface area contributed by atoms with Gasteiger partial charge < -0.3 is 10.4 Å². The van der Waals surface area contributed by atoms with Crippen LogP contribution in [-0.2, 0) is 0 Å². The highest BCUT2D eigenvalue weighted by atomic mass is 35.5. The molecule has 18 heavy (non-hydrogen) atoms. The molecule has 0 aromatic heterocycles. The van der Waals surface area contributed by atoms with E-state index in [0.717, 1.165) is 18.0 Å². The number of aliphatic hydroxyl groups excluding tert-OH is 1. The lowest BCUT2D eigenvalue weighted by Gasteiger charge is -2.22. The van der Waals surface area contributed by atoms with E-state index in [-0.39, 0.29) is 0 Å². The van der Waals surface area contributed by atoms with Crippen molar-refractivity contribution >= 4 is 23.4 Å². The second kappa shape index (κ2) is 7.39. The van der Waals surface area contributed by atoms with Gasteiger partial charge in [0.25, 0.3) is 0 Å². The van der Waals surface area contributed by atoms with Crippen molar-refractivity contribution in [2.45, 2.75) is 18.9 Å². The fraction of sp³-hybridized carbons (Fsp3) is 0.571. The molecule has 1 unspecified atom stereocenters. The number of aliphatic hydroxyl groups is 1. The van der Waals surface area contributed by atoms with Gasteiger partial charge in [-0.05, 0) is 54.5 Å². The third-order valence-corrected chi connectivity index (χ3v) is 4.67. The maximum absolute atomic E-state index is 10.0. The second-order valence-corrected chi connectivity index (χ2v) is 6.44. The van der Waals surface area contributed by atoms with Crippen molar-refractivity contribution in [3.8, 4) is 0 Å². The number of hydrogen-bond donors (Lipinski definition) is 2. The van der Waals surface area contributed by atoms with E-state index in [2.05, 4.69) is 5.32 Å². The lowest BCUT2D eigenvalue weighted by Crippen LogP contribution is -2.29. The highest BCUT2D eigenvalue weighted by molar-refractivity contribution is 7.99. The maximum Gasteiger partial charge on any atom is 0.0914 e. The second-order valence-electron chi connectivity index (χ2n) is 4.78. The van der Waals surface area contributed by atoms with Crippen LogP contribution in [0.25, 0.3) is 0 Å². The summed E-state index contributed by atoms with van der Waals surface area (Å²) < 4.78 is 0. The van der Waals surface area contributed by atoms with E-state index in [0.29, 0.717) is 11.6 Å². The minimum Gasteiger partial charge on any atom is -0.387 e. The first-order valence-corrected chi connectivity index (χ1v) is 8.01. The van der Waals surface area contributed by atoms with Gasteiger partial charge in [-0.25, -0.2) is 0 Å². The van der Waals surface area contributed by atoms with E-state index in [1.807, 2.05) is 36.0 Å². The van der Waals surface area contributed by atoms with Crippen LogP contribution in [0.2, 0.25) is 5.02 Å². The Morgan fingerprint density at radius 2 is 1.94 bits per heavy atom. The highest BCUT2D eigenvalue weighted by Crippen LogP contribution is 2.22. The molecule has 1 fully saturated rings. The molecule has 0 aliphatic carbocycles. The van der Waals surface area contributed by atoms with Gasteiger partial charge in [-0.2, -0.15) is 11.8 Å². The average Bonchev–Trinajstić information content (AvgIpc) is 2.40. The van der Waals surface area contributed by atoms with Crippen LogP contribution in [0, 0.1) is 5.92 Å². The molecule has 1 aliphatic rings. The molecule has 1 aromatic rings. The first-order chi connectivity index (χ1) is 8.75. The number of nitrogens with one attached hydrogen (secondary N) is 1. The smallest absolute Gasteiger partial charge is 0.0914 e. The van der Waals surface area contributed by atoms with E-state index in [9.17, 15) is 5.11 Å². The average molecular weight is 286 g/mol. The van der Waals surface area contributed by atoms with Gasteiger partial charge in [0.2, 0.25) is 0 Å². The summed E-state index contributed by atoms with van der Waals surface area (Å²) in [6.07, 6.45) is 2.16. The third kappa shape index (κ3) is 4.47. The minimum absolute atomic E-state index is 0.444. The van der Waals surface area contributed by atoms with Gasteiger partial charge in [0.05, 0.1) is 6.10 Å². The minimum atomic E-state index is -0.444. The van der Waals surface area contributed by atoms with Gasteiger partial charge in [-0.15, -0.1) is 0 Å². The van der Waals surface area contributed by atoms with Gasteiger partial charge in [-0.1, -0.05) is 23.7 Å². The molecule has 0 spiro atoms. The molecular formula is C14H20ClNOS. The summed E-state index contributed by atoms with van der Waals surface area (Å²) in [4.78, 5) is 0. The van der Waals surface area contributed by atoms with E-state index in [4.69, 9.17) is 11.6 Å². The SMILES string of the molecule is OC(CNCC1CCSCC1)c1ccc(Cl)cc1. The van der Waals surface area contributed by atoms with E-state index in [1.54, 1.807) is 0 Å². The summed E-state index contributed by atoms with van der Waals surface area (Å²) in [6, 6.07) is 7.40. The van der Waals surface area contributed by atoms with Crippen molar-refractivity contribution in [3.05, 3.63) is 34.9 Å². The van der Waals surface area contributed by atoms with Crippen LogP contribution in [0.1, 0.15) is 24.5 Å². The van der Waals surface area contributed by atoms with Crippen LogP contribution < -0.4 is 5.32 Å². The van der Waals surface area contributed by atoms with Crippen LogP contribution in [0.5, 0.6) is 0 Å². The number of rotatable bonds is 5. The van der Waals surface area contributed by atoms with Crippen molar-refractivity contribution in [2.75, 3.05) is 24.6 Å². The summed E-state index contributed by atoms with van der Waals surface area (Å²) in [5, 5.41) is 14.1. The molecule has 0 amide bonds. The molecule has 0 radical (unpaired) electrons. The summed E-state index contributed by atoms with van der Waals surface area (Å²) in [6.45, 7) is 1.64. The standard InChI is InChI=1S/C14H20ClNOS/c15-13-3-1-12(2-4-13)14(17)10-16-9-11-5-7-18-8-6-11/h1-4,11,14,16-17H,5-10H2. The third-order valence-electron chi connectivity index (χ3n) is 3.37. The van der Waals surface area contributed by atoms with E-state index < -0.39 is 6.10 Å². The summed E-state index contributed by atoms with van der Waals surface area (Å²) >= 11 is 7.87. The fourth-order valence-electron chi connectivity index (χ4n) is 2.18. The zero-order valence-corrected chi connectivity index (χ0v) is 12.0. The molecule has 1 saturated heterocycles. The zero-order chi connectivity index (χ0) is 12.8.